The highest BCUT2D eigenvalue weighted by atomic mass is 16.5. The molecule has 0 bridgehead atoms. The lowest BCUT2D eigenvalue weighted by Crippen LogP contribution is -2.36. The molecule has 0 unspecified atom stereocenters. The minimum atomic E-state index is 0.243. The van der Waals surface area contributed by atoms with E-state index in [1.54, 1.807) is 0 Å². The van der Waals surface area contributed by atoms with Crippen molar-refractivity contribution >= 4 is 5.91 Å². The Morgan fingerprint density at radius 1 is 1.25 bits per heavy atom. The van der Waals surface area contributed by atoms with Gasteiger partial charge in [-0.05, 0) is 31.4 Å². The molecule has 1 aliphatic rings. The molecule has 1 fully saturated rings. The van der Waals surface area contributed by atoms with Crippen molar-refractivity contribution in [2.45, 2.75) is 39.0 Å². The van der Waals surface area contributed by atoms with Crippen LogP contribution in [0.15, 0.2) is 24.3 Å². The van der Waals surface area contributed by atoms with Crippen molar-refractivity contribution in [2.75, 3.05) is 20.2 Å². The maximum Gasteiger partial charge on any atom is 0.225 e. The standard InChI is InChI=1S/C17H25NO2/c1-14-8-6-7-11-16(14)20-13-12-18(2)17(19)15-9-4-3-5-10-15/h6-8,11,15H,3-5,9-10,12-13H2,1-2H3. The Bertz CT molecular complexity index is 438. The number of carbonyl (C=O) groups excluding carboxylic acids is 1. The molecule has 0 N–H and O–H groups in total. The number of aryl methyl sites for hydroxylation is 1. The van der Waals surface area contributed by atoms with E-state index in [0.717, 1.165) is 24.2 Å². The number of hydrogen-bond donors (Lipinski definition) is 0. The summed E-state index contributed by atoms with van der Waals surface area (Å²) in [7, 11) is 1.89. The number of benzene rings is 1. The van der Waals surface area contributed by atoms with Crippen LogP contribution in [-0.4, -0.2) is 31.0 Å². The van der Waals surface area contributed by atoms with Crippen LogP contribution in [0.4, 0.5) is 0 Å². The average Bonchev–Trinajstić information content (AvgIpc) is 2.49. The van der Waals surface area contributed by atoms with Gasteiger partial charge < -0.3 is 9.64 Å². The quantitative estimate of drug-likeness (QED) is 0.824. The largest absolute Gasteiger partial charge is 0.491 e. The van der Waals surface area contributed by atoms with E-state index in [2.05, 4.69) is 0 Å². The molecule has 0 aromatic heterocycles. The van der Waals surface area contributed by atoms with Gasteiger partial charge in [0.05, 0.1) is 6.54 Å². The lowest BCUT2D eigenvalue weighted by Gasteiger charge is -2.26. The van der Waals surface area contributed by atoms with Crippen molar-refractivity contribution in [1.29, 1.82) is 0 Å². The van der Waals surface area contributed by atoms with Crippen molar-refractivity contribution < 1.29 is 9.53 Å². The van der Waals surface area contributed by atoms with Gasteiger partial charge in [-0.1, -0.05) is 37.5 Å². The number of rotatable bonds is 5. The van der Waals surface area contributed by atoms with Gasteiger partial charge in [0.15, 0.2) is 0 Å². The summed E-state index contributed by atoms with van der Waals surface area (Å²) in [5.74, 6) is 1.44. The number of ether oxygens (including phenoxy) is 1. The van der Waals surface area contributed by atoms with Gasteiger partial charge in [-0.15, -0.1) is 0 Å². The maximum absolute atomic E-state index is 12.3. The highest BCUT2D eigenvalue weighted by Crippen LogP contribution is 2.25. The molecule has 0 atom stereocenters. The highest BCUT2D eigenvalue weighted by Gasteiger charge is 2.23. The summed E-state index contributed by atoms with van der Waals surface area (Å²) in [6.45, 7) is 3.25. The fraction of sp³-hybridized carbons (Fsp3) is 0.588. The van der Waals surface area contributed by atoms with E-state index in [1.807, 2.05) is 43.1 Å². The normalized spacial score (nSPS) is 15.9. The molecular weight excluding hydrogens is 250 g/mol. The molecule has 1 aromatic carbocycles. The first kappa shape index (κ1) is 14.9. The third-order valence-electron chi connectivity index (χ3n) is 4.11. The summed E-state index contributed by atoms with van der Waals surface area (Å²) in [4.78, 5) is 14.1. The summed E-state index contributed by atoms with van der Waals surface area (Å²) < 4.78 is 5.75. The topological polar surface area (TPSA) is 29.5 Å². The van der Waals surface area contributed by atoms with Gasteiger partial charge in [0, 0.05) is 13.0 Å². The molecular formula is C17H25NO2. The molecule has 1 aromatic rings. The number of nitrogens with zero attached hydrogens (tertiary/aromatic N) is 1. The van der Waals surface area contributed by atoms with E-state index >= 15 is 0 Å². The molecule has 1 saturated carbocycles. The first-order chi connectivity index (χ1) is 9.68. The Balaban J connectivity index is 1.75. The maximum atomic E-state index is 12.3. The second-order valence-electron chi connectivity index (χ2n) is 5.71. The monoisotopic (exact) mass is 275 g/mol. The number of carbonyl (C=O) groups is 1. The molecule has 0 heterocycles. The summed E-state index contributed by atoms with van der Waals surface area (Å²) >= 11 is 0. The van der Waals surface area contributed by atoms with Gasteiger partial charge in [0.1, 0.15) is 12.4 Å². The number of hydrogen-bond acceptors (Lipinski definition) is 2. The SMILES string of the molecule is Cc1ccccc1OCCN(C)C(=O)C1CCCCC1. The first-order valence-corrected chi connectivity index (χ1v) is 7.62. The predicted molar refractivity (Wildman–Crippen MR) is 80.9 cm³/mol. The molecule has 3 heteroatoms. The molecule has 0 saturated heterocycles. The zero-order chi connectivity index (χ0) is 14.4. The average molecular weight is 275 g/mol. The molecule has 20 heavy (non-hydrogen) atoms. The smallest absolute Gasteiger partial charge is 0.225 e. The van der Waals surface area contributed by atoms with Crippen molar-refractivity contribution in [2.24, 2.45) is 5.92 Å². The second kappa shape index (κ2) is 7.32. The fourth-order valence-electron chi connectivity index (χ4n) is 2.78. The Kier molecular flexibility index (Phi) is 5.45. The van der Waals surface area contributed by atoms with Gasteiger partial charge in [-0.3, -0.25) is 4.79 Å². The summed E-state index contributed by atoms with van der Waals surface area (Å²) in [5, 5.41) is 0. The number of amides is 1. The van der Waals surface area contributed by atoms with Crippen molar-refractivity contribution in [1.82, 2.24) is 4.90 Å². The summed E-state index contributed by atoms with van der Waals surface area (Å²) in [6, 6.07) is 7.98. The van der Waals surface area contributed by atoms with Crippen molar-refractivity contribution in [3.05, 3.63) is 29.8 Å². The molecule has 2 rings (SSSR count). The van der Waals surface area contributed by atoms with E-state index in [9.17, 15) is 4.79 Å². The second-order valence-corrected chi connectivity index (χ2v) is 5.71. The van der Waals surface area contributed by atoms with Crippen LogP contribution in [0.1, 0.15) is 37.7 Å². The van der Waals surface area contributed by atoms with E-state index in [4.69, 9.17) is 4.74 Å². The van der Waals surface area contributed by atoms with Crippen LogP contribution in [0.2, 0.25) is 0 Å². The van der Waals surface area contributed by atoms with Crippen LogP contribution < -0.4 is 4.74 Å². The van der Waals surface area contributed by atoms with E-state index in [0.29, 0.717) is 13.2 Å². The van der Waals surface area contributed by atoms with Crippen molar-refractivity contribution in [3.8, 4) is 5.75 Å². The zero-order valence-corrected chi connectivity index (χ0v) is 12.6. The van der Waals surface area contributed by atoms with E-state index < -0.39 is 0 Å². The Hall–Kier alpha value is -1.51. The third-order valence-corrected chi connectivity index (χ3v) is 4.11. The molecule has 1 aliphatic carbocycles. The number of para-hydroxylation sites is 1. The predicted octanol–water partition coefficient (Wildman–Crippen LogP) is 3.41. The van der Waals surface area contributed by atoms with Gasteiger partial charge in [0.25, 0.3) is 0 Å². The van der Waals surface area contributed by atoms with E-state index in [-0.39, 0.29) is 11.8 Å². The van der Waals surface area contributed by atoms with Crippen molar-refractivity contribution in [3.63, 3.8) is 0 Å². The molecule has 0 spiro atoms. The van der Waals surface area contributed by atoms with Crippen LogP contribution in [0.3, 0.4) is 0 Å². The molecule has 3 nitrogen and oxygen atoms in total. The van der Waals surface area contributed by atoms with Crippen LogP contribution in [0.25, 0.3) is 0 Å². The van der Waals surface area contributed by atoms with E-state index in [1.165, 1.54) is 19.3 Å². The van der Waals surface area contributed by atoms with Gasteiger partial charge in [-0.25, -0.2) is 0 Å². The minimum Gasteiger partial charge on any atom is -0.491 e. The van der Waals surface area contributed by atoms with Crippen LogP contribution in [-0.2, 0) is 4.79 Å². The molecule has 0 aliphatic heterocycles. The summed E-state index contributed by atoms with van der Waals surface area (Å²) in [6.07, 6.45) is 5.79. The minimum absolute atomic E-state index is 0.243. The van der Waals surface area contributed by atoms with Crippen LogP contribution in [0.5, 0.6) is 5.75 Å². The summed E-state index contributed by atoms with van der Waals surface area (Å²) in [5.41, 5.74) is 1.13. The van der Waals surface area contributed by atoms with Crippen LogP contribution >= 0.6 is 0 Å². The van der Waals surface area contributed by atoms with Gasteiger partial charge >= 0.3 is 0 Å². The third kappa shape index (κ3) is 3.99. The Labute approximate surface area is 121 Å². The Morgan fingerprint density at radius 3 is 2.65 bits per heavy atom. The lowest BCUT2D eigenvalue weighted by molar-refractivity contribution is -0.135. The molecule has 0 radical (unpaired) electrons. The molecule has 110 valence electrons. The zero-order valence-electron chi connectivity index (χ0n) is 12.6. The van der Waals surface area contributed by atoms with Gasteiger partial charge in [-0.2, -0.15) is 0 Å². The lowest BCUT2D eigenvalue weighted by atomic mass is 9.88. The van der Waals surface area contributed by atoms with Crippen LogP contribution in [0, 0.1) is 12.8 Å². The fourth-order valence-corrected chi connectivity index (χ4v) is 2.78. The Morgan fingerprint density at radius 2 is 1.95 bits per heavy atom. The number of likely N-dealkylation sites (N-methyl/N-ethyl adjacent to an activating group) is 1. The van der Waals surface area contributed by atoms with Gasteiger partial charge in [0.2, 0.25) is 5.91 Å². The first-order valence-electron chi connectivity index (χ1n) is 7.62. The highest BCUT2D eigenvalue weighted by molar-refractivity contribution is 5.78. The molecule has 1 amide bonds.